The fourth-order valence-electron chi connectivity index (χ4n) is 1.08. The van der Waals surface area contributed by atoms with Gasteiger partial charge in [0.25, 0.3) is 0 Å². The molecule has 0 saturated carbocycles. The maximum absolute atomic E-state index is 10.9. The van der Waals surface area contributed by atoms with Crippen LogP contribution in [0.3, 0.4) is 0 Å². The first-order valence-electron chi connectivity index (χ1n) is 4.29. The van der Waals surface area contributed by atoms with E-state index in [0.717, 1.165) is 5.56 Å². The van der Waals surface area contributed by atoms with Crippen molar-refractivity contribution in [1.82, 2.24) is 0 Å². The molecule has 0 amide bonds. The predicted molar refractivity (Wildman–Crippen MR) is 52.5 cm³/mol. The van der Waals surface area contributed by atoms with Crippen LogP contribution in [0.15, 0.2) is 30.8 Å². The van der Waals surface area contributed by atoms with E-state index in [0.29, 0.717) is 11.3 Å². The largest absolute Gasteiger partial charge is 0.422 e. The van der Waals surface area contributed by atoms with Crippen LogP contribution >= 0.6 is 0 Å². The molecule has 0 aromatic heterocycles. The minimum absolute atomic E-state index is 0.341. The molecule has 1 aromatic carbocycles. The molecule has 0 bridgehead atoms. The van der Waals surface area contributed by atoms with Crippen molar-refractivity contribution < 1.29 is 9.53 Å². The van der Waals surface area contributed by atoms with Crippen LogP contribution in [0, 0.1) is 0 Å². The summed E-state index contributed by atoms with van der Waals surface area (Å²) in [5.74, 6) is 0.272. The number of benzene rings is 1. The van der Waals surface area contributed by atoms with Crippen molar-refractivity contribution in [2.24, 2.45) is 0 Å². The number of hydrogen-bond donors (Lipinski definition) is 0. The first-order valence-corrected chi connectivity index (χ1v) is 4.29. The number of ether oxygens (including phenoxy) is 1. The minimum Gasteiger partial charge on any atom is -0.422 e. The maximum Gasteiger partial charge on any atom is 0.343 e. The summed E-state index contributed by atoms with van der Waals surface area (Å²) in [5, 5.41) is 0. The summed E-state index contributed by atoms with van der Waals surface area (Å²) >= 11 is 0. The Morgan fingerprint density at radius 3 is 2.46 bits per heavy atom. The Morgan fingerprint density at radius 1 is 1.23 bits per heavy atom. The summed E-state index contributed by atoms with van der Waals surface area (Å²) in [4.78, 5) is 10.9. The minimum atomic E-state index is -0.341. The van der Waals surface area contributed by atoms with Crippen LogP contribution in [-0.4, -0.2) is 5.97 Å². The molecular formula is C11H12O2. The van der Waals surface area contributed by atoms with Gasteiger partial charge in [-0.1, -0.05) is 38.6 Å². The van der Waals surface area contributed by atoms with E-state index in [-0.39, 0.29) is 5.97 Å². The van der Waals surface area contributed by atoms with Gasteiger partial charge in [0.2, 0.25) is 0 Å². The third-order valence-corrected chi connectivity index (χ3v) is 1.66. The highest BCUT2D eigenvalue weighted by Gasteiger charge is 2.23. The predicted octanol–water partition coefficient (Wildman–Crippen LogP) is 2.65. The SMILES string of the molecule is C=C1C(=O)Oc2ccccc21.CC. The second kappa shape index (κ2) is 3.90. The van der Waals surface area contributed by atoms with Gasteiger partial charge < -0.3 is 4.74 Å². The van der Waals surface area contributed by atoms with Crippen molar-refractivity contribution in [3.05, 3.63) is 36.4 Å². The van der Waals surface area contributed by atoms with Crippen molar-refractivity contribution in [3.8, 4) is 5.75 Å². The molecular weight excluding hydrogens is 164 g/mol. The Hall–Kier alpha value is -1.57. The van der Waals surface area contributed by atoms with E-state index < -0.39 is 0 Å². The molecule has 1 aromatic rings. The number of fused-ring (bicyclic) bond motifs is 1. The average molecular weight is 176 g/mol. The summed E-state index contributed by atoms with van der Waals surface area (Å²) in [7, 11) is 0. The van der Waals surface area contributed by atoms with E-state index in [9.17, 15) is 4.79 Å². The number of carbonyl (C=O) groups excluding carboxylic acids is 1. The summed E-state index contributed by atoms with van der Waals surface area (Å²) in [6, 6.07) is 7.25. The quantitative estimate of drug-likeness (QED) is 0.345. The molecule has 2 rings (SSSR count). The molecule has 2 heteroatoms. The molecule has 0 fully saturated rings. The van der Waals surface area contributed by atoms with E-state index in [2.05, 4.69) is 6.58 Å². The molecule has 13 heavy (non-hydrogen) atoms. The summed E-state index contributed by atoms with van der Waals surface area (Å²) in [6.45, 7) is 7.60. The standard InChI is InChI=1S/C9H6O2.C2H6/c1-6-7-4-2-3-5-8(7)11-9(6)10;1-2/h2-5H,1H2;1-2H3. The zero-order chi connectivity index (χ0) is 9.84. The molecule has 2 nitrogen and oxygen atoms in total. The summed E-state index contributed by atoms with van der Waals surface area (Å²) in [5.41, 5.74) is 1.25. The molecule has 1 aliphatic heterocycles. The van der Waals surface area contributed by atoms with Crippen LogP contribution in [0.4, 0.5) is 0 Å². The topological polar surface area (TPSA) is 26.3 Å². The van der Waals surface area contributed by atoms with E-state index in [1.807, 2.05) is 32.0 Å². The Bertz CT molecular complexity index is 340. The average Bonchev–Trinajstić information content (AvgIpc) is 2.47. The van der Waals surface area contributed by atoms with Gasteiger partial charge in [-0.05, 0) is 6.07 Å². The number of hydrogen-bond acceptors (Lipinski definition) is 2. The second-order valence-electron chi connectivity index (χ2n) is 2.36. The van der Waals surface area contributed by atoms with Crippen molar-refractivity contribution in [2.75, 3.05) is 0 Å². The molecule has 0 N–H and O–H groups in total. The molecule has 0 saturated heterocycles. The third kappa shape index (κ3) is 1.61. The molecule has 0 spiro atoms. The normalized spacial score (nSPS) is 12.8. The van der Waals surface area contributed by atoms with E-state index in [4.69, 9.17) is 4.74 Å². The lowest BCUT2D eigenvalue weighted by Crippen LogP contribution is -1.98. The number of para-hydroxylation sites is 1. The number of rotatable bonds is 0. The lowest BCUT2D eigenvalue weighted by molar-refractivity contribution is -0.126. The summed E-state index contributed by atoms with van der Waals surface area (Å²) < 4.78 is 4.88. The highest BCUT2D eigenvalue weighted by molar-refractivity contribution is 6.20. The van der Waals surface area contributed by atoms with Crippen LogP contribution in [0.25, 0.3) is 5.57 Å². The molecule has 1 heterocycles. The van der Waals surface area contributed by atoms with Gasteiger partial charge in [-0.3, -0.25) is 0 Å². The zero-order valence-electron chi connectivity index (χ0n) is 7.83. The first-order chi connectivity index (χ1) is 6.29. The Morgan fingerprint density at radius 2 is 1.85 bits per heavy atom. The number of carbonyl (C=O) groups is 1. The van der Waals surface area contributed by atoms with Crippen LogP contribution in [0.2, 0.25) is 0 Å². The Kier molecular flexibility index (Phi) is 2.85. The van der Waals surface area contributed by atoms with Crippen LogP contribution < -0.4 is 4.74 Å². The molecule has 1 aliphatic rings. The van der Waals surface area contributed by atoms with Crippen LogP contribution in [0.1, 0.15) is 19.4 Å². The van der Waals surface area contributed by atoms with E-state index >= 15 is 0 Å². The van der Waals surface area contributed by atoms with Gasteiger partial charge >= 0.3 is 5.97 Å². The highest BCUT2D eigenvalue weighted by Crippen LogP contribution is 2.31. The van der Waals surface area contributed by atoms with Gasteiger partial charge in [-0.2, -0.15) is 0 Å². The Balaban J connectivity index is 0.000000396. The van der Waals surface area contributed by atoms with Crippen molar-refractivity contribution in [1.29, 1.82) is 0 Å². The van der Waals surface area contributed by atoms with E-state index in [1.165, 1.54) is 0 Å². The van der Waals surface area contributed by atoms with Gasteiger partial charge in [0.05, 0.1) is 5.57 Å². The molecule has 0 atom stereocenters. The lowest BCUT2D eigenvalue weighted by atomic mass is 10.1. The van der Waals surface area contributed by atoms with Gasteiger partial charge in [0.15, 0.2) is 0 Å². The highest BCUT2D eigenvalue weighted by atomic mass is 16.5. The van der Waals surface area contributed by atoms with Gasteiger partial charge in [-0.15, -0.1) is 0 Å². The first kappa shape index (κ1) is 9.52. The van der Waals surface area contributed by atoms with E-state index in [1.54, 1.807) is 6.07 Å². The fourth-order valence-corrected chi connectivity index (χ4v) is 1.08. The lowest BCUT2D eigenvalue weighted by Gasteiger charge is -1.91. The van der Waals surface area contributed by atoms with Crippen molar-refractivity contribution in [3.63, 3.8) is 0 Å². The fraction of sp³-hybridized carbons (Fsp3) is 0.182. The van der Waals surface area contributed by atoms with Gasteiger partial charge in [0, 0.05) is 5.56 Å². The summed E-state index contributed by atoms with van der Waals surface area (Å²) in [6.07, 6.45) is 0. The van der Waals surface area contributed by atoms with Crippen LogP contribution in [0.5, 0.6) is 5.75 Å². The van der Waals surface area contributed by atoms with Crippen molar-refractivity contribution in [2.45, 2.75) is 13.8 Å². The molecule has 0 radical (unpaired) electrons. The molecule has 0 unspecified atom stereocenters. The number of esters is 1. The molecule has 0 aliphatic carbocycles. The van der Waals surface area contributed by atoms with Crippen LogP contribution in [-0.2, 0) is 4.79 Å². The van der Waals surface area contributed by atoms with Crippen molar-refractivity contribution >= 4 is 11.5 Å². The smallest absolute Gasteiger partial charge is 0.343 e. The van der Waals surface area contributed by atoms with Gasteiger partial charge in [-0.25, -0.2) is 4.79 Å². The second-order valence-corrected chi connectivity index (χ2v) is 2.36. The third-order valence-electron chi connectivity index (χ3n) is 1.66. The Labute approximate surface area is 77.8 Å². The molecule has 68 valence electrons. The monoisotopic (exact) mass is 176 g/mol. The zero-order valence-corrected chi connectivity index (χ0v) is 7.83. The maximum atomic E-state index is 10.9. The van der Waals surface area contributed by atoms with Gasteiger partial charge in [0.1, 0.15) is 5.75 Å².